The molecule has 2 aromatic carbocycles. The molecule has 3 rings (SSSR count). The molecule has 5 heteroatoms. The van der Waals surface area contributed by atoms with Gasteiger partial charge in [-0.3, -0.25) is 4.79 Å². The van der Waals surface area contributed by atoms with Gasteiger partial charge in [-0.15, -0.1) is 0 Å². The van der Waals surface area contributed by atoms with E-state index >= 15 is 0 Å². The Morgan fingerprint density at radius 2 is 1.48 bits per heavy atom. The first kappa shape index (κ1) is 16.6. The van der Waals surface area contributed by atoms with Gasteiger partial charge in [0, 0.05) is 0 Å². The number of amides is 1. The number of carbonyl (C=O) groups excluding carboxylic acids is 1. The summed E-state index contributed by atoms with van der Waals surface area (Å²) in [5.74, 6) is 0.569. The average Bonchev–Trinajstić information content (AvgIpc) is 2.60. The zero-order valence-electron chi connectivity index (χ0n) is 14.2. The van der Waals surface area contributed by atoms with Gasteiger partial charge >= 0.3 is 6.01 Å². The molecule has 0 aliphatic carbocycles. The van der Waals surface area contributed by atoms with Gasteiger partial charge in [0.15, 0.2) is 0 Å². The largest absolute Gasteiger partial charge is 0.424 e. The smallest absolute Gasteiger partial charge is 0.322 e. The monoisotopic (exact) mass is 333 g/mol. The molecule has 1 aromatic heterocycles. The van der Waals surface area contributed by atoms with Crippen molar-refractivity contribution in [1.29, 1.82) is 0 Å². The van der Waals surface area contributed by atoms with Gasteiger partial charge in [-0.05, 0) is 31.5 Å². The summed E-state index contributed by atoms with van der Waals surface area (Å²) >= 11 is 0. The molecule has 0 aliphatic heterocycles. The van der Waals surface area contributed by atoms with Gasteiger partial charge < -0.3 is 10.1 Å². The Bertz CT molecular complexity index is 842. The minimum Gasteiger partial charge on any atom is -0.424 e. The highest BCUT2D eigenvalue weighted by Gasteiger charge is 2.13. The van der Waals surface area contributed by atoms with Crippen LogP contribution in [-0.4, -0.2) is 15.9 Å². The van der Waals surface area contributed by atoms with E-state index in [-0.39, 0.29) is 11.9 Å². The number of anilines is 1. The summed E-state index contributed by atoms with van der Waals surface area (Å²) in [6, 6.07) is 19.2. The van der Waals surface area contributed by atoms with Crippen LogP contribution in [0.1, 0.15) is 17.0 Å². The fourth-order valence-electron chi connectivity index (χ4n) is 2.47. The number of aromatic nitrogens is 2. The highest BCUT2D eigenvalue weighted by molar-refractivity contribution is 5.93. The van der Waals surface area contributed by atoms with Crippen LogP contribution in [0.5, 0.6) is 11.8 Å². The third-order valence-electron chi connectivity index (χ3n) is 3.67. The molecule has 0 spiro atoms. The minimum atomic E-state index is -0.0993. The van der Waals surface area contributed by atoms with Crippen LogP contribution in [0, 0.1) is 13.8 Å². The van der Waals surface area contributed by atoms with Crippen molar-refractivity contribution in [2.75, 3.05) is 5.32 Å². The molecule has 1 N–H and O–H groups in total. The molecule has 0 bridgehead atoms. The van der Waals surface area contributed by atoms with Crippen LogP contribution in [0.3, 0.4) is 0 Å². The Hall–Kier alpha value is -3.21. The second kappa shape index (κ2) is 7.57. The lowest BCUT2D eigenvalue weighted by Gasteiger charge is -2.12. The summed E-state index contributed by atoms with van der Waals surface area (Å²) in [5.41, 5.74) is 2.92. The van der Waals surface area contributed by atoms with Crippen molar-refractivity contribution in [3.8, 4) is 11.8 Å². The number of hydrogen-bond donors (Lipinski definition) is 1. The molecular weight excluding hydrogens is 314 g/mol. The zero-order valence-corrected chi connectivity index (χ0v) is 14.2. The maximum absolute atomic E-state index is 12.3. The maximum atomic E-state index is 12.3. The van der Waals surface area contributed by atoms with Gasteiger partial charge in [0.1, 0.15) is 5.75 Å². The van der Waals surface area contributed by atoms with Crippen molar-refractivity contribution < 1.29 is 9.53 Å². The Morgan fingerprint density at radius 3 is 2.08 bits per heavy atom. The van der Waals surface area contributed by atoms with Gasteiger partial charge in [0.25, 0.3) is 0 Å². The minimum absolute atomic E-state index is 0.0993. The van der Waals surface area contributed by atoms with Crippen molar-refractivity contribution in [3.05, 3.63) is 77.6 Å². The molecule has 0 fully saturated rings. The van der Waals surface area contributed by atoms with Gasteiger partial charge in [-0.1, -0.05) is 48.5 Å². The lowest BCUT2D eigenvalue weighted by atomic mass is 10.1. The fraction of sp³-hybridized carbons (Fsp3) is 0.150. The predicted molar refractivity (Wildman–Crippen MR) is 96.8 cm³/mol. The van der Waals surface area contributed by atoms with Crippen LogP contribution in [0.25, 0.3) is 0 Å². The molecule has 25 heavy (non-hydrogen) atoms. The molecule has 0 saturated carbocycles. The van der Waals surface area contributed by atoms with Crippen molar-refractivity contribution in [2.24, 2.45) is 0 Å². The highest BCUT2D eigenvalue weighted by Crippen LogP contribution is 2.23. The molecule has 0 saturated heterocycles. The standard InChI is InChI=1S/C20H19N3O2/c1-14-19(23-18(24)13-16-9-5-3-6-10-16)15(2)22-20(21-14)25-17-11-7-4-8-12-17/h3-12H,13H2,1-2H3,(H,23,24). The fourth-order valence-corrected chi connectivity index (χ4v) is 2.47. The first-order valence-corrected chi connectivity index (χ1v) is 8.04. The predicted octanol–water partition coefficient (Wildman–Crippen LogP) is 4.07. The van der Waals surface area contributed by atoms with Crippen LogP contribution in [0.15, 0.2) is 60.7 Å². The normalized spacial score (nSPS) is 10.3. The molecule has 5 nitrogen and oxygen atoms in total. The summed E-state index contributed by atoms with van der Waals surface area (Å²) in [4.78, 5) is 20.9. The van der Waals surface area contributed by atoms with Crippen LogP contribution in [0.2, 0.25) is 0 Å². The third kappa shape index (κ3) is 4.41. The van der Waals surface area contributed by atoms with Crippen molar-refractivity contribution >= 4 is 11.6 Å². The van der Waals surface area contributed by atoms with Gasteiger partial charge in [-0.25, -0.2) is 0 Å². The first-order chi connectivity index (χ1) is 12.1. The van der Waals surface area contributed by atoms with Crippen LogP contribution < -0.4 is 10.1 Å². The van der Waals surface area contributed by atoms with Crippen LogP contribution in [-0.2, 0) is 11.2 Å². The topological polar surface area (TPSA) is 64.1 Å². The van der Waals surface area contributed by atoms with E-state index in [1.807, 2.05) is 74.5 Å². The number of hydrogen-bond acceptors (Lipinski definition) is 4. The number of rotatable bonds is 5. The Labute approximate surface area is 146 Å². The van der Waals surface area contributed by atoms with Crippen LogP contribution in [0.4, 0.5) is 5.69 Å². The molecular formula is C20H19N3O2. The molecule has 126 valence electrons. The summed E-state index contributed by atoms with van der Waals surface area (Å²) < 4.78 is 5.66. The first-order valence-electron chi connectivity index (χ1n) is 8.04. The van der Waals surface area contributed by atoms with Gasteiger partial charge in [-0.2, -0.15) is 9.97 Å². The number of nitrogens with zero attached hydrogens (tertiary/aromatic N) is 2. The maximum Gasteiger partial charge on any atom is 0.322 e. The molecule has 1 amide bonds. The lowest BCUT2D eigenvalue weighted by molar-refractivity contribution is -0.115. The number of nitrogens with one attached hydrogen (secondary N) is 1. The van der Waals surface area contributed by atoms with E-state index in [4.69, 9.17) is 4.74 Å². The number of para-hydroxylation sites is 1. The molecule has 0 atom stereocenters. The van der Waals surface area contributed by atoms with E-state index in [1.165, 1.54) is 0 Å². The van der Waals surface area contributed by atoms with Gasteiger partial charge in [0.05, 0.1) is 23.5 Å². The van der Waals surface area contributed by atoms with Crippen molar-refractivity contribution in [2.45, 2.75) is 20.3 Å². The van der Waals surface area contributed by atoms with Crippen molar-refractivity contribution in [3.63, 3.8) is 0 Å². The number of aryl methyl sites for hydroxylation is 2. The second-order valence-electron chi connectivity index (χ2n) is 5.68. The molecule has 0 aliphatic rings. The molecule has 0 unspecified atom stereocenters. The molecule has 1 heterocycles. The summed E-state index contributed by atoms with van der Waals surface area (Å²) in [6.45, 7) is 3.65. The number of benzene rings is 2. The quantitative estimate of drug-likeness (QED) is 0.764. The van der Waals surface area contributed by atoms with Gasteiger partial charge in [0.2, 0.25) is 5.91 Å². The summed E-state index contributed by atoms with van der Waals surface area (Å²) in [6.07, 6.45) is 0.308. The number of ether oxygens (including phenoxy) is 1. The highest BCUT2D eigenvalue weighted by atomic mass is 16.5. The lowest BCUT2D eigenvalue weighted by Crippen LogP contribution is -2.17. The van der Waals surface area contributed by atoms with Crippen LogP contribution >= 0.6 is 0 Å². The van der Waals surface area contributed by atoms with E-state index in [1.54, 1.807) is 0 Å². The van der Waals surface area contributed by atoms with E-state index < -0.39 is 0 Å². The van der Waals surface area contributed by atoms with E-state index in [2.05, 4.69) is 15.3 Å². The summed E-state index contributed by atoms with van der Waals surface area (Å²) in [7, 11) is 0. The Balaban J connectivity index is 1.73. The molecule has 3 aromatic rings. The summed E-state index contributed by atoms with van der Waals surface area (Å²) in [5, 5.41) is 2.90. The Kier molecular flexibility index (Phi) is 5.04. The van der Waals surface area contributed by atoms with E-state index in [0.717, 1.165) is 5.56 Å². The van der Waals surface area contributed by atoms with Crippen molar-refractivity contribution in [1.82, 2.24) is 9.97 Å². The SMILES string of the molecule is Cc1nc(Oc2ccccc2)nc(C)c1NC(=O)Cc1ccccc1. The average molecular weight is 333 g/mol. The van der Waals surface area contributed by atoms with E-state index in [0.29, 0.717) is 29.2 Å². The Morgan fingerprint density at radius 1 is 0.920 bits per heavy atom. The number of carbonyl (C=O) groups is 1. The second-order valence-corrected chi connectivity index (χ2v) is 5.68. The zero-order chi connectivity index (χ0) is 17.6. The molecule has 0 radical (unpaired) electrons. The third-order valence-corrected chi connectivity index (χ3v) is 3.67. The van der Waals surface area contributed by atoms with E-state index in [9.17, 15) is 4.79 Å².